The number of hydrogen-bond acceptors (Lipinski definition) is 4. The number of rotatable bonds is 4. The summed E-state index contributed by atoms with van der Waals surface area (Å²) >= 11 is 5.81. The van der Waals surface area contributed by atoms with Crippen molar-refractivity contribution in [1.29, 1.82) is 0 Å². The molecule has 1 saturated heterocycles. The highest BCUT2D eigenvalue weighted by atomic mass is 35.5. The van der Waals surface area contributed by atoms with Gasteiger partial charge in [-0.05, 0) is 24.6 Å². The Balaban J connectivity index is 1.54. The lowest BCUT2D eigenvalue weighted by atomic mass is 10.1. The molecular formula is C18H21ClN4. The summed E-state index contributed by atoms with van der Waals surface area (Å²) in [5, 5.41) is 8.57. The van der Waals surface area contributed by atoms with Crippen molar-refractivity contribution in [2.24, 2.45) is 0 Å². The average Bonchev–Trinajstić information content (AvgIpc) is 2.57. The van der Waals surface area contributed by atoms with Crippen LogP contribution in [0.2, 0.25) is 5.15 Å². The minimum atomic E-state index is 0.407. The van der Waals surface area contributed by atoms with Gasteiger partial charge in [0.25, 0.3) is 0 Å². The molecule has 1 unspecified atom stereocenters. The molecule has 5 heteroatoms. The van der Waals surface area contributed by atoms with Crippen LogP contribution in [0.3, 0.4) is 0 Å². The van der Waals surface area contributed by atoms with Gasteiger partial charge in [0.2, 0.25) is 0 Å². The van der Waals surface area contributed by atoms with E-state index in [-0.39, 0.29) is 0 Å². The molecule has 0 radical (unpaired) electrons. The maximum atomic E-state index is 5.81. The second kappa shape index (κ2) is 7.57. The smallest absolute Gasteiger partial charge is 0.151 e. The van der Waals surface area contributed by atoms with Crippen molar-refractivity contribution >= 4 is 23.5 Å². The standard InChI is InChI=1S/C18H21ClN4/c1-15-14-22(11-5-8-16-6-3-2-4-7-16)12-13-23(15)18-10-9-17(19)20-21-18/h2-10,15H,11-14H2,1H3. The summed E-state index contributed by atoms with van der Waals surface area (Å²) in [5.41, 5.74) is 1.25. The van der Waals surface area contributed by atoms with Gasteiger partial charge in [-0.2, -0.15) is 0 Å². The second-order valence-electron chi connectivity index (χ2n) is 5.83. The van der Waals surface area contributed by atoms with Gasteiger partial charge in [0, 0.05) is 32.2 Å². The van der Waals surface area contributed by atoms with E-state index < -0.39 is 0 Å². The van der Waals surface area contributed by atoms with Crippen LogP contribution in [0.4, 0.5) is 5.82 Å². The first-order chi connectivity index (χ1) is 11.2. The van der Waals surface area contributed by atoms with Crippen molar-refractivity contribution in [3.8, 4) is 0 Å². The van der Waals surface area contributed by atoms with E-state index in [1.54, 1.807) is 6.07 Å². The Labute approximate surface area is 142 Å². The number of halogens is 1. The van der Waals surface area contributed by atoms with E-state index >= 15 is 0 Å². The number of nitrogens with zero attached hydrogens (tertiary/aromatic N) is 4. The predicted molar refractivity (Wildman–Crippen MR) is 95.8 cm³/mol. The SMILES string of the molecule is CC1CN(CC=Cc2ccccc2)CCN1c1ccc(Cl)nn1. The van der Waals surface area contributed by atoms with E-state index in [0.717, 1.165) is 32.0 Å². The molecule has 0 aliphatic carbocycles. The fourth-order valence-electron chi connectivity index (χ4n) is 2.90. The van der Waals surface area contributed by atoms with Crippen molar-refractivity contribution in [2.75, 3.05) is 31.1 Å². The molecule has 3 rings (SSSR count). The highest BCUT2D eigenvalue weighted by molar-refractivity contribution is 6.29. The van der Waals surface area contributed by atoms with E-state index in [1.807, 2.05) is 12.1 Å². The number of piperazine rings is 1. The molecule has 0 saturated carbocycles. The van der Waals surface area contributed by atoms with Crippen LogP contribution in [0.15, 0.2) is 48.5 Å². The molecule has 1 aliphatic heterocycles. The first-order valence-electron chi connectivity index (χ1n) is 7.92. The van der Waals surface area contributed by atoms with Crippen molar-refractivity contribution in [3.63, 3.8) is 0 Å². The van der Waals surface area contributed by atoms with Gasteiger partial charge in [0.05, 0.1) is 0 Å². The topological polar surface area (TPSA) is 32.3 Å². The predicted octanol–water partition coefficient (Wildman–Crippen LogP) is 3.35. The Bertz CT molecular complexity index is 642. The molecule has 120 valence electrons. The molecule has 1 aromatic carbocycles. The third-order valence-corrected chi connectivity index (χ3v) is 4.30. The Hall–Kier alpha value is -1.91. The Kier molecular flexibility index (Phi) is 5.26. The quantitative estimate of drug-likeness (QED) is 0.861. The number of aromatic nitrogens is 2. The van der Waals surface area contributed by atoms with E-state index in [2.05, 4.69) is 63.3 Å². The molecule has 23 heavy (non-hydrogen) atoms. The molecule has 4 nitrogen and oxygen atoms in total. The monoisotopic (exact) mass is 328 g/mol. The largest absolute Gasteiger partial charge is 0.350 e. The number of anilines is 1. The Morgan fingerprint density at radius 1 is 1.13 bits per heavy atom. The molecule has 1 aromatic heterocycles. The minimum absolute atomic E-state index is 0.407. The first kappa shape index (κ1) is 16.0. The van der Waals surface area contributed by atoms with Crippen LogP contribution in [0.25, 0.3) is 6.08 Å². The zero-order valence-corrected chi connectivity index (χ0v) is 14.0. The van der Waals surface area contributed by atoms with Crippen LogP contribution in [-0.4, -0.2) is 47.3 Å². The third-order valence-electron chi connectivity index (χ3n) is 4.10. The van der Waals surface area contributed by atoms with Crippen molar-refractivity contribution < 1.29 is 0 Å². The number of benzene rings is 1. The van der Waals surface area contributed by atoms with Gasteiger partial charge < -0.3 is 4.90 Å². The molecule has 0 amide bonds. The number of hydrogen-bond donors (Lipinski definition) is 0. The van der Waals surface area contributed by atoms with Gasteiger partial charge >= 0.3 is 0 Å². The van der Waals surface area contributed by atoms with Crippen molar-refractivity contribution in [1.82, 2.24) is 15.1 Å². The summed E-state index contributed by atoms with van der Waals surface area (Å²) < 4.78 is 0. The fourth-order valence-corrected chi connectivity index (χ4v) is 3.00. The summed E-state index contributed by atoms with van der Waals surface area (Å²) in [5.74, 6) is 0.904. The lowest BCUT2D eigenvalue weighted by molar-refractivity contribution is 0.250. The molecule has 1 fully saturated rings. The average molecular weight is 329 g/mol. The summed E-state index contributed by atoms with van der Waals surface area (Å²) in [6.45, 7) is 6.19. The summed E-state index contributed by atoms with van der Waals surface area (Å²) in [6, 6.07) is 14.6. The highest BCUT2D eigenvalue weighted by Gasteiger charge is 2.24. The lowest BCUT2D eigenvalue weighted by Crippen LogP contribution is -2.52. The van der Waals surface area contributed by atoms with Crippen molar-refractivity contribution in [2.45, 2.75) is 13.0 Å². The van der Waals surface area contributed by atoms with Crippen LogP contribution >= 0.6 is 11.6 Å². The molecule has 1 aliphatic rings. The normalized spacial score (nSPS) is 19.4. The minimum Gasteiger partial charge on any atom is -0.350 e. The molecule has 0 spiro atoms. The van der Waals surface area contributed by atoms with E-state index in [9.17, 15) is 0 Å². The van der Waals surface area contributed by atoms with E-state index in [0.29, 0.717) is 11.2 Å². The van der Waals surface area contributed by atoms with Gasteiger partial charge in [-0.25, -0.2) is 0 Å². The summed E-state index contributed by atoms with van der Waals surface area (Å²) in [6.07, 6.45) is 4.42. The summed E-state index contributed by atoms with van der Waals surface area (Å²) in [7, 11) is 0. The first-order valence-corrected chi connectivity index (χ1v) is 8.30. The van der Waals surface area contributed by atoms with Crippen LogP contribution in [0.5, 0.6) is 0 Å². The second-order valence-corrected chi connectivity index (χ2v) is 6.22. The molecule has 0 bridgehead atoms. The van der Waals surface area contributed by atoms with Gasteiger partial charge in [-0.1, -0.05) is 54.1 Å². The van der Waals surface area contributed by atoms with Gasteiger partial charge in [-0.15, -0.1) is 10.2 Å². The molecule has 2 heterocycles. The molecule has 1 atom stereocenters. The molecular weight excluding hydrogens is 308 g/mol. The maximum Gasteiger partial charge on any atom is 0.151 e. The molecule has 2 aromatic rings. The zero-order chi connectivity index (χ0) is 16.1. The van der Waals surface area contributed by atoms with Crippen LogP contribution < -0.4 is 4.90 Å². The highest BCUT2D eigenvalue weighted by Crippen LogP contribution is 2.18. The van der Waals surface area contributed by atoms with E-state index in [4.69, 9.17) is 11.6 Å². The van der Waals surface area contributed by atoms with Crippen molar-refractivity contribution in [3.05, 3.63) is 59.3 Å². The van der Waals surface area contributed by atoms with Gasteiger partial charge in [0.1, 0.15) is 0 Å². The third kappa shape index (κ3) is 4.30. The maximum absolute atomic E-state index is 5.81. The van der Waals surface area contributed by atoms with E-state index in [1.165, 1.54) is 5.56 Å². The van der Waals surface area contributed by atoms with Crippen LogP contribution in [0.1, 0.15) is 12.5 Å². The van der Waals surface area contributed by atoms with Gasteiger partial charge in [-0.3, -0.25) is 4.90 Å². The van der Waals surface area contributed by atoms with Crippen LogP contribution in [0, 0.1) is 0 Å². The summed E-state index contributed by atoms with van der Waals surface area (Å²) in [4.78, 5) is 4.75. The Morgan fingerprint density at radius 3 is 2.65 bits per heavy atom. The Morgan fingerprint density at radius 2 is 1.96 bits per heavy atom. The van der Waals surface area contributed by atoms with Crippen LogP contribution in [-0.2, 0) is 0 Å². The fraction of sp³-hybridized carbons (Fsp3) is 0.333. The lowest BCUT2D eigenvalue weighted by Gasteiger charge is -2.40. The zero-order valence-electron chi connectivity index (χ0n) is 13.3. The van der Waals surface area contributed by atoms with Gasteiger partial charge in [0.15, 0.2) is 11.0 Å². The molecule has 0 N–H and O–H groups in total.